The van der Waals surface area contributed by atoms with Crippen molar-refractivity contribution in [2.24, 2.45) is 11.7 Å². The van der Waals surface area contributed by atoms with Gasteiger partial charge in [-0.3, -0.25) is 4.79 Å². The summed E-state index contributed by atoms with van der Waals surface area (Å²) in [5.41, 5.74) is 9.72. The van der Waals surface area contributed by atoms with Gasteiger partial charge in [0.1, 0.15) is 0 Å². The van der Waals surface area contributed by atoms with Crippen molar-refractivity contribution in [1.82, 2.24) is 5.32 Å². The Labute approximate surface area is 144 Å². The number of nitrogens with one attached hydrogen (secondary N) is 1. The van der Waals surface area contributed by atoms with Gasteiger partial charge in [0.2, 0.25) is 5.91 Å². The van der Waals surface area contributed by atoms with Crippen LogP contribution in [0.4, 0.5) is 0 Å². The first-order chi connectivity index (χ1) is 11.7. The highest BCUT2D eigenvalue weighted by Gasteiger charge is 2.25. The van der Waals surface area contributed by atoms with Crippen LogP contribution in [0.2, 0.25) is 0 Å². The Morgan fingerprint density at radius 1 is 1.04 bits per heavy atom. The first-order valence-electron chi connectivity index (χ1n) is 8.89. The van der Waals surface area contributed by atoms with Crippen LogP contribution in [0.3, 0.4) is 0 Å². The Kier molecular flexibility index (Phi) is 5.65. The Hall–Kier alpha value is -2.13. The van der Waals surface area contributed by atoms with E-state index in [1.165, 1.54) is 16.7 Å². The molecular weight excluding hydrogens is 296 g/mol. The third kappa shape index (κ3) is 4.45. The van der Waals surface area contributed by atoms with Crippen LogP contribution in [-0.2, 0) is 11.2 Å². The highest BCUT2D eigenvalue weighted by molar-refractivity contribution is 5.76. The van der Waals surface area contributed by atoms with Crippen molar-refractivity contribution >= 4 is 5.91 Å². The SMILES string of the molecule is N[C@@H]1CCC[C@H]1CC(=O)NCCc1cccc(-c2ccccc2)c1. The highest BCUT2D eigenvalue weighted by atomic mass is 16.1. The molecule has 2 atom stereocenters. The lowest BCUT2D eigenvalue weighted by molar-refractivity contribution is -0.122. The van der Waals surface area contributed by atoms with Crippen LogP contribution < -0.4 is 11.1 Å². The monoisotopic (exact) mass is 322 g/mol. The van der Waals surface area contributed by atoms with Gasteiger partial charge in [0.25, 0.3) is 0 Å². The molecular formula is C21H26N2O. The van der Waals surface area contributed by atoms with Crippen LogP contribution in [-0.4, -0.2) is 18.5 Å². The summed E-state index contributed by atoms with van der Waals surface area (Å²) in [7, 11) is 0. The van der Waals surface area contributed by atoms with Gasteiger partial charge in [0.05, 0.1) is 0 Å². The summed E-state index contributed by atoms with van der Waals surface area (Å²) in [6, 6.07) is 19.1. The fourth-order valence-corrected chi connectivity index (χ4v) is 3.51. The van der Waals surface area contributed by atoms with Gasteiger partial charge < -0.3 is 11.1 Å². The molecule has 1 aliphatic carbocycles. The maximum atomic E-state index is 12.1. The molecule has 2 aromatic carbocycles. The molecule has 3 N–H and O–H groups in total. The standard InChI is InChI=1S/C21H26N2O/c22-20-11-5-10-19(20)15-21(24)23-13-12-16-6-4-9-18(14-16)17-7-2-1-3-8-17/h1-4,6-9,14,19-20H,5,10-13,15,22H2,(H,23,24)/t19-,20+/m0/s1. The number of rotatable bonds is 6. The number of nitrogens with two attached hydrogens (primary N) is 1. The zero-order valence-corrected chi connectivity index (χ0v) is 14.1. The average Bonchev–Trinajstić information content (AvgIpc) is 3.01. The van der Waals surface area contributed by atoms with Gasteiger partial charge in [0.15, 0.2) is 0 Å². The molecule has 2 aromatic rings. The zero-order valence-electron chi connectivity index (χ0n) is 14.1. The minimum atomic E-state index is 0.136. The molecule has 0 heterocycles. The van der Waals surface area contributed by atoms with Crippen molar-refractivity contribution < 1.29 is 4.79 Å². The van der Waals surface area contributed by atoms with Crippen LogP contribution in [0.25, 0.3) is 11.1 Å². The summed E-state index contributed by atoms with van der Waals surface area (Å²) < 4.78 is 0. The Balaban J connectivity index is 1.49. The fraction of sp³-hybridized carbons (Fsp3) is 0.381. The molecule has 0 bridgehead atoms. The van der Waals surface area contributed by atoms with Crippen LogP contribution in [0.5, 0.6) is 0 Å². The lowest BCUT2D eigenvalue weighted by Gasteiger charge is -2.14. The highest BCUT2D eigenvalue weighted by Crippen LogP contribution is 2.26. The second kappa shape index (κ2) is 8.11. The van der Waals surface area contributed by atoms with Crippen molar-refractivity contribution in [3.8, 4) is 11.1 Å². The summed E-state index contributed by atoms with van der Waals surface area (Å²) in [4.78, 5) is 12.1. The molecule has 0 aromatic heterocycles. The van der Waals surface area contributed by atoms with E-state index >= 15 is 0 Å². The molecule has 1 fully saturated rings. The first kappa shape index (κ1) is 16.7. The topological polar surface area (TPSA) is 55.1 Å². The number of benzene rings is 2. The average molecular weight is 322 g/mol. The molecule has 0 saturated heterocycles. The molecule has 1 aliphatic rings. The maximum Gasteiger partial charge on any atom is 0.220 e. The molecule has 126 valence electrons. The largest absolute Gasteiger partial charge is 0.356 e. The second-order valence-corrected chi connectivity index (χ2v) is 6.73. The van der Waals surface area contributed by atoms with Gasteiger partial charge in [-0.1, -0.05) is 61.0 Å². The number of carbonyl (C=O) groups excluding carboxylic acids is 1. The van der Waals surface area contributed by atoms with E-state index in [1.54, 1.807) is 0 Å². The minimum Gasteiger partial charge on any atom is -0.356 e. The van der Waals surface area contributed by atoms with E-state index in [2.05, 4.69) is 53.8 Å². The van der Waals surface area contributed by atoms with Crippen molar-refractivity contribution in [1.29, 1.82) is 0 Å². The summed E-state index contributed by atoms with van der Waals surface area (Å²) >= 11 is 0. The molecule has 0 spiro atoms. The quantitative estimate of drug-likeness (QED) is 0.855. The van der Waals surface area contributed by atoms with Crippen LogP contribution >= 0.6 is 0 Å². The summed E-state index contributed by atoms with van der Waals surface area (Å²) in [6.07, 6.45) is 4.73. The Morgan fingerprint density at radius 3 is 2.58 bits per heavy atom. The molecule has 1 amide bonds. The van der Waals surface area contributed by atoms with E-state index in [0.29, 0.717) is 18.9 Å². The van der Waals surface area contributed by atoms with Gasteiger partial charge in [-0.25, -0.2) is 0 Å². The van der Waals surface area contributed by atoms with Crippen LogP contribution in [0.1, 0.15) is 31.2 Å². The lowest BCUT2D eigenvalue weighted by atomic mass is 9.99. The summed E-state index contributed by atoms with van der Waals surface area (Å²) in [6.45, 7) is 0.680. The normalized spacial score (nSPS) is 20.0. The number of amides is 1. The smallest absolute Gasteiger partial charge is 0.220 e. The lowest BCUT2D eigenvalue weighted by Crippen LogP contribution is -2.32. The molecule has 0 aliphatic heterocycles. The van der Waals surface area contributed by atoms with Crippen LogP contribution in [0.15, 0.2) is 54.6 Å². The molecule has 0 radical (unpaired) electrons. The van der Waals surface area contributed by atoms with Gasteiger partial charge in [0, 0.05) is 19.0 Å². The summed E-state index contributed by atoms with van der Waals surface area (Å²) in [5, 5.41) is 3.04. The van der Waals surface area contributed by atoms with E-state index in [0.717, 1.165) is 25.7 Å². The predicted molar refractivity (Wildman–Crippen MR) is 98.5 cm³/mol. The molecule has 3 heteroatoms. The molecule has 0 unspecified atom stereocenters. The van der Waals surface area contributed by atoms with E-state index in [9.17, 15) is 4.79 Å². The molecule has 3 rings (SSSR count). The number of carbonyl (C=O) groups is 1. The second-order valence-electron chi connectivity index (χ2n) is 6.73. The van der Waals surface area contributed by atoms with Crippen molar-refractivity contribution in [2.75, 3.05) is 6.54 Å². The van der Waals surface area contributed by atoms with Crippen molar-refractivity contribution in [3.63, 3.8) is 0 Å². The van der Waals surface area contributed by atoms with Gasteiger partial charge in [-0.15, -0.1) is 0 Å². The Bertz CT molecular complexity index is 669. The predicted octanol–water partition coefficient (Wildman–Crippen LogP) is 3.53. The third-order valence-corrected chi connectivity index (χ3v) is 4.94. The minimum absolute atomic E-state index is 0.136. The van der Waals surface area contributed by atoms with Gasteiger partial charge >= 0.3 is 0 Å². The van der Waals surface area contributed by atoms with Crippen molar-refractivity contribution in [2.45, 2.75) is 38.1 Å². The molecule has 3 nitrogen and oxygen atoms in total. The maximum absolute atomic E-state index is 12.1. The van der Waals surface area contributed by atoms with E-state index in [-0.39, 0.29) is 11.9 Å². The third-order valence-electron chi connectivity index (χ3n) is 4.94. The Morgan fingerprint density at radius 2 is 1.83 bits per heavy atom. The van der Waals surface area contributed by atoms with E-state index in [4.69, 9.17) is 5.73 Å². The molecule has 1 saturated carbocycles. The fourth-order valence-electron chi connectivity index (χ4n) is 3.51. The first-order valence-corrected chi connectivity index (χ1v) is 8.89. The number of hydrogen-bond acceptors (Lipinski definition) is 2. The van der Waals surface area contributed by atoms with Gasteiger partial charge in [-0.05, 0) is 41.9 Å². The molecule has 24 heavy (non-hydrogen) atoms. The van der Waals surface area contributed by atoms with Crippen molar-refractivity contribution in [3.05, 3.63) is 60.2 Å². The van der Waals surface area contributed by atoms with Crippen LogP contribution in [0, 0.1) is 5.92 Å². The number of hydrogen-bond donors (Lipinski definition) is 2. The zero-order chi connectivity index (χ0) is 16.8. The van der Waals surface area contributed by atoms with E-state index < -0.39 is 0 Å². The van der Waals surface area contributed by atoms with E-state index in [1.807, 2.05) is 6.07 Å². The van der Waals surface area contributed by atoms with Gasteiger partial charge in [-0.2, -0.15) is 0 Å². The summed E-state index contributed by atoms with van der Waals surface area (Å²) in [5.74, 6) is 0.503.